The van der Waals surface area contributed by atoms with E-state index in [2.05, 4.69) is 43.5 Å². The van der Waals surface area contributed by atoms with E-state index in [0.29, 0.717) is 17.4 Å². The van der Waals surface area contributed by atoms with E-state index in [1.54, 1.807) is 6.08 Å². The molecule has 0 aromatic carbocycles. The molecule has 0 heterocycles. The van der Waals surface area contributed by atoms with Gasteiger partial charge in [0.05, 0.1) is 39.9 Å². The van der Waals surface area contributed by atoms with Crippen molar-refractivity contribution in [2.45, 2.75) is 437 Å². The Morgan fingerprint density at radius 1 is 0.389 bits per heavy atom. The second kappa shape index (κ2) is 72.0. The number of phosphoric acid groups is 1. The van der Waals surface area contributed by atoms with Crippen LogP contribution in [0, 0.1) is 0 Å². The van der Waals surface area contributed by atoms with E-state index in [1.165, 1.54) is 360 Å². The topological polar surface area (TPSA) is 108 Å². The van der Waals surface area contributed by atoms with E-state index in [4.69, 9.17) is 9.05 Å². The highest BCUT2D eigenvalue weighted by molar-refractivity contribution is 7.45. The van der Waals surface area contributed by atoms with E-state index in [0.717, 1.165) is 44.9 Å². The zero-order valence-corrected chi connectivity index (χ0v) is 62.3. The van der Waals surface area contributed by atoms with Crippen LogP contribution in [0.5, 0.6) is 0 Å². The second-order valence-corrected chi connectivity index (χ2v) is 30.5. The minimum absolute atomic E-state index is 0.00180. The first kappa shape index (κ1) is 88.7. The number of phosphoric ester groups is 1. The molecule has 90 heavy (non-hydrogen) atoms. The zero-order valence-electron chi connectivity index (χ0n) is 61.4. The van der Waals surface area contributed by atoms with Crippen LogP contribution in [-0.4, -0.2) is 68.5 Å². The Bertz CT molecular complexity index is 1560. The number of carbonyl (C=O) groups excluding carboxylic acids is 1. The third-order valence-electron chi connectivity index (χ3n) is 18.8. The molecule has 0 saturated heterocycles. The summed E-state index contributed by atoms with van der Waals surface area (Å²) in [7, 11) is 1.28. The number of nitrogens with one attached hydrogen (secondary N) is 1. The molecule has 0 aromatic rings. The number of hydrogen-bond donors (Lipinski definition) is 2. The Labute approximate surface area is 563 Å². The average molecular weight is 1290 g/mol. The first-order valence-corrected chi connectivity index (χ1v) is 41.8. The number of likely N-dealkylation sites (N-methyl/N-ethyl adjacent to an activating group) is 1. The summed E-state index contributed by atoms with van der Waals surface area (Å²) >= 11 is 0. The monoisotopic (exact) mass is 1290 g/mol. The van der Waals surface area contributed by atoms with Crippen LogP contribution in [-0.2, 0) is 18.4 Å². The lowest BCUT2D eigenvalue weighted by Crippen LogP contribution is -2.45. The predicted molar refractivity (Wildman–Crippen MR) is 395 cm³/mol. The molecule has 0 aliphatic rings. The van der Waals surface area contributed by atoms with Crippen molar-refractivity contribution < 1.29 is 32.9 Å². The fraction of sp³-hybridized carbons (Fsp3) is 0.914. The minimum Gasteiger partial charge on any atom is -0.756 e. The number of unbranched alkanes of at least 4 members (excludes halogenated alkanes) is 59. The van der Waals surface area contributed by atoms with Gasteiger partial charge in [-0.05, 0) is 51.4 Å². The first-order chi connectivity index (χ1) is 44.0. The van der Waals surface area contributed by atoms with Gasteiger partial charge in [-0.25, -0.2) is 0 Å². The highest BCUT2D eigenvalue weighted by Gasteiger charge is 2.23. The molecule has 0 radical (unpaired) electrons. The van der Waals surface area contributed by atoms with Gasteiger partial charge in [0.25, 0.3) is 7.82 Å². The molecular formula is C81H159N2O6P. The van der Waals surface area contributed by atoms with Crippen LogP contribution in [0.3, 0.4) is 0 Å². The van der Waals surface area contributed by atoms with Crippen LogP contribution in [0.4, 0.5) is 0 Å². The summed E-state index contributed by atoms with van der Waals surface area (Å²) in [6.45, 7) is 4.71. The third-order valence-corrected chi connectivity index (χ3v) is 19.8. The van der Waals surface area contributed by atoms with Crippen LogP contribution in [0.15, 0.2) is 36.5 Å². The quantitative estimate of drug-likeness (QED) is 0.0272. The summed E-state index contributed by atoms with van der Waals surface area (Å²) in [6, 6.07) is -0.887. The number of quaternary nitrogens is 1. The fourth-order valence-corrected chi connectivity index (χ4v) is 13.3. The van der Waals surface area contributed by atoms with Crippen molar-refractivity contribution in [1.29, 1.82) is 0 Å². The first-order valence-electron chi connectivity index (χ1n) is 40.4. The number of aliphatic hydroxyl groups is 1. The van der Waals surface area contributed by atoms with Gasteiger partial charge in [0.1, 0.15) is 13.2 Å². The maximum absolute atomic E-state index is 13.1. The zero-order chi connectivity index (χ0) is 65.5. The summed E-state index contributed by atoms with van der Waals surface area (Å²) in [6.07, 6.45) is 97.5. The molecular weight excluding hydrogens is 1130 g/mol. The number of aliphatic hydroxyl groups excluding tert-OH is 1. The van der Waals surface area contributed by atoms with Gasteiger partial charge in [0, 0.05) is 6.42 Å². The molecule has 0 aliphatic carbocycles. The lowest BCUT2D eigenvalue weighted by Gasteiger charge is -2.29. The summed E-state index contributed by atoms with van der Waals surface area (Å²) in [5, 5.41) is 14.0. The Morgan fingerprint density at radius 2 is 0.644 bits per heavy atom. The number of nitrogens with zero attached hydrogens (tertiary/aromatic N) is 1. The van der Waals surface area contributed by atoms with Crippen LogP contribution in [0.2, 0.25) is 0 Å². The summed E-state index contributed by atoms with van der Waals surface area (Å²) in [5.74, 6) is -0.187. The SMILES string of the molecule is CCCCCCC/C=C\C/C=C\CCCCCCCCCCCCCCCCCCCCCCCCCCCC(=O)NC(COP(=O)([O-])OCC[N+](C)(C)C)C(O)/C=C/CCCCCCCCCCCCCCCCCCCCCCCCCCCCCCC. The maximum atomic E-state index is 13.1. The molecule has 0 bridgehead atoms. The molecule has 2 N–H and O–H groups in total. The van der Waals surface area contributed by atoms with Crippen molar-refractivity contribution in [2.24, 2.45) is 0 Å². The van der Waals surface area contributed by atoms with Gasteiger partial charge in [-0.1, -0.05) is 403 Å². The molecule has 0 aliphatic heterocycles. The summed E-state index contributed by atoms with van der Waals surface area (Å²) in [4.78, 5) is 25.7. The van der Waals surface area contributed by atoms with Crippen LogP contribution < -0.4 is 10.2 Å². The second-order valence-electron chi connectivity index (χ2n) is 29.1. The molecule has 0 rings (SSSR count). The molecule has 1 amide bonds. The molecule has 0 aromatic heterocycles. The van der Waals surface area contributed by atoms with Gasteiger partial charge < -0.3 is 28.8 Å². The lowest BCUT2D eigenvalue weighted by molar-refractivity contribution is -0.870. The van der Waals surface area contributed by atoms with Crippen molar-refractivity contribution in [2.75, 3.05) is 40.9 Å². The minimum atomic E-state index is -4.61. The standard InChI is InChI=1S/C81H159N2O6P/c1-6-8-10-12-14-16-18-20-22-24-26-28-30-32-34-36-38-39-40-41-42-43-45-47-49-51-53-55-57-59-61-63-65-67-69-71-73-75-81(85)82-79(78-89-90(86,87)88-77-76-83(3,4)5)80(84)74-72-70-68-66-64-62-60-58-56-54-52-50-48-46-44-37-35-33-31-29-27-25-23-21-19-17-15-13-11-9-7-2/h18,20,24,26,72,74,79-80,84H,6-17,19,21-23,25,27-71,73,75-78H2,1-5H3,(H-,82,85,86,87)/b20-18-,26-24-,74-72+. The average Bonchev–Trinajstić information content (AvgIpc) is 3.18. The summed E-state index contributed by atoms with van der Waals surface area (Å²) < 4.78 is 23.5. The number of carbonyl (C=O) groups is 1. The fourth-order valence-electron chi connectivity index (χ4n) is 12.6. The maximum Gasteiger partial charge on any atom is 0.268 e. The lowest BCUT2D eigenvalue weighted by atomic mass is 10.0. The highest BCUT2D eigenvalue weighted by Crippen LogP contribution is 2.38. The van der Waals surface area contributed by atoms with Crippen LogP contribution in [0.25, 0.3) is 0 Å². The highest BCUT2D eigenvalue weighted by atomic mass is 31.2. The molecule has 8 nitrogen and oxygen atoms in total. The van der Waals surface area contributed by atoms with Crippen molar-refractivity contribution in [3.63, 3.8) is 0 Å². The molecule has 9 heteroatoms. The van der Waals surface area contributed by atoms with Crippen LogP contribution in [0.1, 0.15) is 425 Å². The van der Waals surface area contributed by atoms with Crippen molar-refractivity contribution in [3.8, 4) is 0 Å². The molecule has 534 valence electrons. The van der Waals surface area contributed by atoms with Gasteiger partial charge >= 0.3 is 0 Å². The Morgan fingerprint density at radius 3 is 0.922 bits per heavy atom. The molecule has 0 spiro atoms. The Hall–Kier alpha value is -1.28. The van der Waals surface area contributed by atoms with Crippen molar-refractivity contribution in [3.05, 3.63) is 36.5 Å². The van der Waals surface area contributed by atoms with Crippen molar-refractivity contribution in [1.82, 2.24) is 5.32 Å². The van der Waals surface area contributed by atoms with E-state index < -0.39 is 20.0 Å². The number of rotatable bonds is 76. The van der Waals surface area contributed by atoms with E-state index in [9.17, 15) is 19.4 Å². The van der Waals surface area contributed by atoms with Crippen LogP contribution >= 0.6 is 7.82 Å². The van der Waals surface area contributed by atoms with Gasteiger partial charge in [-0.2, -0.15) is 0 Å². The molecule has 3 unspecified atom stereocenters. The van der Waals surface area contributed by atoms with E-state index in [-0.39, 0.29) is 19.1 Å². The molecule has 0 saturated carbocycles. The van der Waals surface area contributed by atoms with E-state index in [1.807, 2.05) is 27.2 Å². The molecule has 0 fully saturated rings. The van der Waals surface area contributed by atoms with Gasteiger partial charge in [0.2, 0.25) is 5.91 Å². The Balaban J connectivity index is 3.93. The van der Waals surface area contributed by atoms with E-state index >= 15 is 0 Å². The number of hydrogen-bond acceptors (Lipinski definition) is 6. The number of amides is 1. The summed E-state index contributed by atoms with van der Waals surface area (Å²) in [5.41, 5.74) is 0. The van der Waals surface area contributed by atoms with Gasteiger partial charge in [-0.15, -0.1) is 0 Å². The Kier molecular flexibility index (Phi) is 71.0. The largest absolute Gasteiger partial charge is 0.756 e. The smallest absolute Gasteiger partial charge is 0.268 e. The normalized spacial score (nSPS) is 13.6. The van der Waals surface area contributed by atoms with Gasteiger partial charge in [-0.3, -0.25) is 9.36 Å². The predicted octanol–water partition coefficient (Wildman–Crippen LogP) is 25.7. The third kappa shape index (κ3) is 74.1. The number of allylic oxidation sites excluding steroid dienone is 5. The van der Waals surface area contributed by atoms with Crippen molar-refractivity contribution >= 4 is 13.7 Å². The van der Waals surface area contributed by atoms with Gasteiger partial charge in [0.15, 0.2) is 0 Å². The molecule has 3 atom stereocenters.